The molecule has 12 heteroatoms. The van der Waals surface area contributed by atoms with Crippen LogP contribution in [0.4, 0.5) is 5.13 Å². The summed E-state index contributed by atoms with van der Waals surface area (Å²) in [4.78, 5) is 2.98. The summed E-state index contributed by atoms with van der Waals surface area (Å²) in [5, 5.41) is 5.95. The maximum absolute atomic E-state index is 11.3. The third-order valence-electron chi connectivity index (χ3n) is 2.54. The first-order valence-electron chi connectivity index (χ1n) is 5.87. The number of rotatable bonds is 5. The fraction of sp³-hybridized carbons (Fsp3) is 0.0909. The van der Waals surface area contributed by atoms with Gasteiger partial charge in [0.1, 0.15) is 4.90 Å². The van der Waals surface area contributed by atoms with E-state index in [4.69, 9.17) is 9.11 Å². The van der Waals surface area contributed by atoms with Gasteiger partial charge >= 0.3 is 0 Å². The smallest absolute Gasteiger partial charge is 0.282 e. The highest BCUT2D eigenvalue weighted by Gasteiger charge is 2.18. The van der Waals surface area contributed by atoms with Crippen molar-refractivity contribution in [2.24, 2.45) is 5.10 Å². The summed E-state index contributed by atoms with van der Waals surface area (Å²) in [6, 6.07) is 2.58. The molecule has 0 atom stereocenters. The van der Waals surface area contributed by atoms with E-state index in [1.807, 2.05) is 0 Å². The van der Waals surface area contributed by atoms with Gasteiger partial charge in [0.15, 0.2) is 0 Å². The second-order valence-electron chi connectivity index (χ2n) is 4.31. The lowest BCUT2D eigenvalue weighted by Crippen LogP contribution is -2.06. The van der Waals surface area contributed by atoms with Crippen LogP contribution in [0.5, 0.6) is 0 Å². The van der Waals surface area contributed by atoms with Crippen molar-refractivity contribution in [2.45, 2.75) is 16.7 Å². The molecule has 0 aliphatic carbocycles. The molecule has 0 fully saturated rings. The fourth-order valence-electron chi connectivity index (χ4n) is 1.59. The number of anilines is 1. The number of nitrogens with zero attached hydrogens (tertiary/aromatic N) is 2. The van der Waals surface area contributed by atoms with E-state index in [-0.39, 0.29) is 5.56 Å². The van der Waals surface area contributed by atoms with Gasteiger partial charge in [-0.1, -0.05) is 0 Å². The monoisotopic (exact) mass is 377 g/mol. The zero-order valence-corrected chi connectivity index (χ0v) is 14.0. The van der Waals surface area contributed by atoms with Crippen LogP contribution in [0.1, 0.15) is 11.3 Å². The van der Waals surface area contributed by atoms with Gasteiger partial charge in [0.25, 0.3) is 20.2 Å². The molecule has 124 valence electrons. The predicted octanol–water partition coefficient (Wildman–Crippen LogP) is 1.39. The second kappa shape index (κ2) is 6.33. The van der Waals surface area contributed by atoms with Crippen molar-refractivity contribution in [3.8, 4) is 0 Å². The minimum Gasteiger partial charge on any atom is -0.282 e. The molecule has 1 aromatic carbocycles. The molecular formula is C11H11N3O6S3. The first-order chi connectivity index (χ1) is 10.6. The van der Waals surface area contributed by atoms with Gasteiger partial charge in [-0.2, -0.15) is 21.9 Å². The van der Waals surface area contributed by atoms with E-state index in [0.29, 0.717) is 5.13 Å². The van der Waals surface area contributed by atoms with Crippen molar-refractivity contribution in [1.29, 1.82) is 0 Å². The van der Waals surface area contributed by atoms with Crippen molar-refractivity contribution in [2.75, 3.05) is 5.43 Å². The van der Waals surface area contributed by atoms with Gasteiger partial charge in [-0.15, -0.1) is 11.3 Å². The van der Waals surface area contributed by atoms with Crippen molar-refractivity contribution >= 4 is 42.9 Å². The highest BCUT2D eigenvalue weighted by Crippen LogP contribution is 2.19. The number of hydrogen-bond acceptors (Lipinski definition) is 8. The minimum absolute atomic E-state index is 0.219. The Balaban J connectivity index is 2.41. The molecule has 0 aliphatic rings. The van der Waals surface area contributed by atoms with Gasteiger partial charge in [0.2, 0.25) is 5.13 Å². The largest absolute Gasteiger partial charge is 0.295 e. The Kier molecular flexibility index (Phi) is 4.81. The highest BCUT2D eigenvalue weighted by atomic mass is 32.2. The van der Waals surface area contributed by atoms with Gasteiger partial charge in [-0.3, -0.25) is 14.5 Å². The Labute approximate surface area is 136 Å². The molecule has 0 aliphatic heterocycles. The Morgan fingerprint density at radius 1 is 1.22 bits per heavy atom. The zero-order valence-electron chi connectivity index (χ0n) is 11.5. The van der Waals surface area contributed by atoms with E-state index in [2.05, 4.69) is 15.5 Å². The summed E-state index contributed by atoms with van der Waals surface area (Å²) < 4.78 is 63.0. The van der Waals surface area contributed by atoms with Gasteiger partial charge < -0.3 is 0 Å². The standard InChI is InChI=1S/C11H11N3O6S3/c1-7-6-21-11(13-7)14-12-5-8-4-9(22(15,16)17)2-3-10(8)23(18,19)20/h2-6H,1H3,(H,13,14)(H,15,16,17)(H,18,19,20). The van der Waals surface area contributed by atoms with Crippen LogP contribution >= 0.6 is 11.3 Å². The summed E-state index contributed by atoms with van der Waals surface area (Å²) in [7, 11) is -9.13. The molecule has 1 aromatic heterocycles. The molecule has 0 spiro atoms. The molecule has 1 heterocycles. The second-order valence-corrected chi connectivity index (χ2v) is 7.98. The number of thiazole rings is 1. The Hall–Kier alpha value is -1.86. The van der Waals surface area contributed by atoms with Gasteiger partial charge in [0, 0.05) is 10.9 Å². The first-order valence-corrected chi connectivity index (χ1v) is 9.63. The van der Waals surface area contributed by atoms with E-state index < -0.39 is 30.0 Å². The average molecular weight is 377 g/mol. The Morgan fingerprint density at radius 2 is 1.91 bits per heavy atom. The number of hydrogen-bond donors (Lipinski definition) is 3. The van der Waals surface area contributed by atoms with Gasteiger partial charge in [-0.25, -0.2) is 4.98 Å². The van der Waals surface area contributed by atoms with E-state index in [0.717, 1.165) is 30.1 Å². The van der Waals surface area contributed by atoms with Crippen LogP contribution < -0.4 is 5.43 Å². The maximum atomic E-state index is 11.3. The van der Waals surface area contributed by atoms with Crippen molar-refractivity contribution < 1.29 is 25.9 Å². The van der Waals surface area contributed by atoms with E-state index in [1.165, 1.54) is 11.3 Å². The van der Waals surface area contributed by atoms with E-state index >= 15 is 0 Å². The molecule has 9 nitrogen and oxygen atoms in total. The molecule has 0 saturated carbocycles. The number of nitrogens with one attached hydrogen (secondary N) is 1. The summed E-state index contributed by atoms with van der Waals surface area (Å²) >= 11 is 1.26. The third-order valence-corrected chi connectivity index (χ3v) is 5.18. The van der Waals surface area contributed by atoms with E-state index in [9.17, 15) is 16.8 Å². The Bertz CT molecular complexity index is 963. The van der Waals surface area contributed by atoms with E-state index in [1.54, 1.807) is 12.3 Å². The van der Waals surface area contributed by atoms with Crippen molar-refractivity contribution in [3.63, 3.8) is 0 Å². The van der Waals surface area contributed by atoms with Crippen LogP contribution in [0.3, 0.4) is 0 Å². The zero-order chi connectivity index (χ0) is 17.3. The molecule has 0 unspecified atom stereocenters. The predicted molar refractivity (Wildman–Crippen MR) is 84.1 cm³/mol. The molecule has 0 bridgehead atoms. The van der Waals surface area contributed by atoms with Crippen LogP contribution in [0.2, 0.25) is 0 Å². The van der Waals surface area contributed by atoms with Crippen LogP contribution in [-0.4, -0.2) is 37.1 Å². The van der Waals surface area contributed by atoms with Crippen LogP contribution in [0, 0.1) is 6.92 Å². The SMILES string of the molecule is Cc1csc(NN=Cc2cc(S(=O)(=O)O)ccc2S(=O)(=O)O)n1. The fourth-order valence-corrected chi connectivity index (χ4v) is 3.39. The number of benzene rings is 1. The third kappa shape index (κ3) is 4.56. The molecular weight excluding hydrogens is 366 g/mol. The average Bonchev–Trinajstić information content (AvgIpc) is 2.82. The lowest BCUT2D eigenvalue weighted by Gasteiger charge is -2.04. The first kappa shape index (κ1) is 17.5. The topological polar surface area (TPSA) is 146 Å². The summed E-state index contributed by atoms with van der Waals surface area (Å²) in [6.07, 6.45) is 0.995. The number of hydrazone groups is 1. The lowest BCUT2D eigenvalue weighted by atomic mass is 10.2. The van der Waals surface area contributed by atoms with Crippen molar-refractivity contribution in [3.05, 3.63) is 34.8 Å². The maximum Gasteiger partial charge on any atom is 0.295 e. The lowest BCUT2D eigenvalue weighted by molar-refractivity contribution is 0.478. The summed E-state index contributed by atoms with van der Waals surface area (Å²) in [5.74, 6) is 0. The quantitative estimate of drug-likeness (QED) is 0.402. The number of aryl methyl sites for hydroxylation is 1. The van der Waals surface area contributed by atoms with Crippen LogP contribution in [-0.2, 0) is 20.2 Å². The molecule has 0 amide bonds. The normalized spacial score (nSPS) is 12.7. The molecule has 2 aromatic rings. The van der Waals surface area contributed by atoms with Crippen LogP contribution in [0.15, 0.2) is 38.5 Å². The molecule has 2 rings (SSSR count). The number of aromatic nitrogens is 1. The molecule has 23 heavy (non-hydrogen) atoms. The van der Waals surface area contributed by atoms with Crippen LogP contribution in [0.25, 0.3) is 0 Å². The van der Waals surface area contributed by atoms with Gasteiger partial charge in [0.05, 0.1) is 16.8 Å². The highest BCUT2D eigenvalue weighted by molar-refractivity contribution is 7.86. The molecule has 3 N–H and O–H groups in total. The minimum atomic E-state index is -4.60. The summed E-state index contributed by atoms with van der Waals surface area (Å²) in [6.45, 7) is 1.78. The Morgan fingerprint density at radius 3 is 2.43 bits per heavy atom. The summed E-state index contributed by atoms with van der Waals surface area (Å²) in [5.41, 5.74) is 3.08. The van der Waals surface area contributed by atoms with Gasteiger partial charge in [-0.05, 0) is 25.1 Å². The molecule has 0 radical (unpaired) electrons. The van der Waals surface area contributed by atoms with Crippen molar-refractivity contribution in [1.82, 2.24) is 4.98 Å². The molecule has 0 saturated heterocycles.